The zero-order chi connectivity index (χ0) is 18.0. The van der Waals surface area contributed by atoms with Gasteiger partial charge >= 0.3 is 5.97 Å². The maximum absolute atomic E-state index is 10.1. The lowest BCUT2D eigenvalue weighted by molar-refractivity contribution is -0.138. The van der Waals surface area contributed by atoms with Crippen LogP contribution in [0.1, 0.15) is 36.1 Å². The number of Topliss-reactive ketones (excluding diaryl/α,β-unsaturated/α-hetero) is 1. The average molecular weight is 340 g/mol. The van der Waals surface area contributed by atoms with Gasteiger partial charge in [0.1, 0.15) is 18.2 Å². The van der Waals surface area contributed by atoms with Gasteiger partial charge in [-0.05, 0) is 19.1 Å². The minimum Gasteiger partial charge on any atom is -0.483 e. The van der Waals surface area contributed by atoms with E-state index in [1.807, 2.05) is 0 Å². The topological polar surface area (TPSA) is 174 Å². The van der Waals surface area contributed by atoms with Gasteiger partial charge in [0.05, 0.1) is 13.6 Å². The van der Waals surface area contributed by atoms with Gasteiger partial charge in [0, 0.05) is 6.42 Å². The van der Waals surface area contributed by atoms with Gasteiger partial charge in [0.25, 0.3) is 6.47 Å². The molecule has 0 amide bonds. The van der Waals surface area contributed by atoms with Crippen molar-refractivity contribution in [1.29, 1.82) is 0 Å². The Hall–Kier alpha value is -2.59. The molecule has 0 unspecified atom stereocenters. The molecule has 23 heavy (non-hydrogen) atoms. The smallest absolute Gasteiger partial charge is 0.303 e. The molecule has 0 fully saturated rings. The van der Waals surface area contributed by atoms with Crippen LogP contribution < -0.4 is 0 Å². The normalized spacial score (nSPS) is 7.48. The molecule has 0 aliphatic heterocycles. The fourth-order valence-electron chi connectivity index (χ4n) is 0.826. The van der Waals surface area contributed by atoms with Crippen molar-refractivity contribution < 1.29 is 48.8 Å². The Labute approximate surface area is 131 Å². The summed E-state index contributed by atoms with van der Waals surface area (Å²) in [6, 6.07) is 3.07. The van der Waals surface area contributed by atoms with Crippen molar-refractivity contribution in [3.8, 4) is 0 Å². The number of ketones is 1. The van der Waals surface area contributed by atoms with Crippen molar-refractivity contribution in [2.75, 3.05) is 7.18 Å². The summed E-state index contributed by atoms with van der Waals surface area (Å²) >= 11 is 0. The van der Waals surface area contributed by atoms with E-state index in [2.05, 4.69) is 0 Å². The number of carboxylic acid groups (broad SMARTS) is 2. The third-order valence-electron chi connectivity index (χ3n) is 1.65. The first-order chi connectivity index (χ1) is 10.4. The Morgan fingerprint density at radius 3 is 1.87 bits per heavy atom. The molecular formula is C13H21FO9. The summed E-state index contributed by atoms with van der Waals surface area (Å²) in [5.41, 5.74) is 0. The van der Waals surface area contributed by atoms with Crippen molar-refractivity contribution in [3.05, 3.63) is 23.7 Å². The number of aliphatic hydroxyl groups excluding tert-OH is 1. The highest BCUT2D eigenvalue weighted by Crippen LogP contribution is 2.03. The molecule has 1 aromatic rings. The number of carboxylic acids is 1. The quantitative estimate of drug-likeness (QED) is 0.649. The van der Waals surface area contributed by atoms with Crippen LogP contribution in [0, 0.1) is 0 Å². The van der Waals surface area contributed by atoms with E-state index < -0.39 is 5.97 Å². The van der Waals surface area contributed by atoms with Crippen LogP contribution in [0.3, 0.4) is 0 Å². The number of rotatable bonds is 5. The molecular weight excluding hydrogens is 319 g/mol. The minimum atomic E-state index is -0.916. The molecule has 10 heteroatoms. The molecule has 0 saturated heterocycles. The van der Waals surface area contributed by atoms with Crippen LogP contribution in [0.15, 0.2) is 16.5 Å². The van der Waals surface area contributed by atoms with Gasteiger partial charge in [-0.2, -0.15) is 0 Å². The predicted octanol–water partition coefficient (Wildman–Crippen LogP) is 0.486. The number of aliphatic carboxylic acids is 1. The van der Waals surface area contributed by atoms with Gasteiger partial charge in [-0.25, -0.2) is 0 Å². The molecule has 1 rings (SSSR count). The number of carbonyl (C=O) groups excluding carboxylic acids is 2. The second-order valence-electron chi connectivity index (χ2n) is 3.28. The molecule has 0 spiro atoms. The van der Waals surface area contributed by atoms with Gasteiger partial charge in [-0.15, -0.1) is 0 Å². The monoisotopic (exact) mass is 340 g/mol. The van der Waals surface area contributed by atoms with Gasteiger partial charge < -0.3 is 30.0 Å². The fourth-order valence-corrected chi connectivity index (χ4v) is 0.826. The maximum Gasteiger partial charge on any atom is 0.303 e. The second kappa shape index (κ2) is 21.7. The van der Waals surface area contributed by atoms with Crippen molar-refractivity contribution in [2.45, 2.75) is 26.4 Å². The van der Waals surface area contributed by atoms with Crippen molar-refractivity contribution >= 4 is 24.5 Å². The minimum absolute atomic E-state index is 0. The number of aliphatic hydroxyl groups is 1. The SMILES string of the molecule is CC(=O)CCC(=O)O.CF.O.O=CO.O=Cc1ccc(CO)o1. The molecule has 9 nitrogen and oxygen atoms in total. The number of aldehydes is 1. The summed E-state index contributed by atoms with van der Waals surface area (Å²) in [6.07, 6.45) is 0.698. The molecule has 134 valence electrons. The lowest BCUT2D eigenvalue weighted by Gasteiger charge is -1.86. The Morgan fingerprint density at radius 2 is 1.70 bits per heavy atom. The first-order valence-electron chi connectivity index (χ1n) is 5.72. The standard InChI is InChI=1S/C6H6O3.C5H8O3.CH3F.CH2O2.H2O/c7-3-5-1-2-6(4-8)9-5;1-4(6)2-3-5(7)8;1-2;2-1-3;/h1-3,8H,4H2;2-3H2,1H3,(H,7,8);1H3;1H,(H,2,3);1H2. The van der Waals surface area contributed by atoms with Crippen LogP contribution in [0.25, 0.3) is 0 Å². The molecule has 0 saturated carbocycles. The van der Waals surface area contributed by atoms with Crippen LogP contribution in [-0.2, 0) is 21.0 Å². The van der Waals surface area contributed by atoms with E-state index in [9.17, 15) is 18.8 Å². The van der Waals surface area contributed by atoms with E-state index >= 15 is 0 Å². The van der Waals surface area contributed by atoms with Gasteiger partial charge in [-0.3, -0.25) is 18.8 Å². The highest BCUT2D eigenvalue weighted by atomic mass is 19.1. The van der Waals surface area contributed by atoms with Crippen molar-refractivity contribution in [1.82, 2.24) is 0 Å². The summed E-state index contributed by atoms with van der Waals surface area (Å²) < 4.78 is 14.3. The number of hydrogen-bond acceptors (Lipinski definition) is 6. The number of halogens is 1. The molecule has 0 aliphatic rings. The molecule has 0 aromatic carbocycles. The third-order valence-corrected chi connectivity index (χ3v) is 1.65. The number of furan rings is 1. The predicted molar refractivity (Wildman–Crippen MR) is 76.9 cm³/mol. The highest BCUT2D eigenvalue weighted by molar-refractivity contribution is 5.80. The van der Waals surface area contributed by atoms with Gasteiger partial charge in [-0.1, -0.05) is 0 Å². The summed E-state index contributed by atoms with van der Waals surface area (Å²) in [6.45, 7) is 0.969. The number of carbonyl (C=O) groups is 4. The fraction of sp³-hybridized carbons (Fsp3) is 0.385. The van der Waals surface area contributed by atoms with Crippen molar-refractivity contribution in [2.24, 2.45) is 0 Å². The number of alkyl halides is 1. The second-order valence-corrected chi connectivity index (χ2v) is 3.28. The molecule has 0 atom stereocenters. The van der Waals surface area contributed by atoms with E-state index in [1.165, 1.54) is 13.0 Å². The summed E-state index contributed by atoms with van der Waals surface area (Å²) in [7, 11) is 0.500. The average Bonchev–Trinajstić information content (AvgIpc) is 2.97. The summed E-state index contributed by atoms with van der Waals surface area (Å²) in [5.74, 6) is -0.330. The molecule has 1 aromatic heterocycles. The van der Waals surface area contributed by atoms with E-state index in [-0.39, 0.29) is 42.9 Å². The zero-order valence-electron chi connectivity index (χ0n) is 12.7. The Bertz CT molecular complexity index is 415. The first-order valence-corrected chi connectivity index (χ1v) is 5.72. The van der Waals surface area contributed by atoms with Crippen LogP contribution >= 0.6 is 0 Å². The zero-order valence-corrected chi connectivity index (χ0v) is 12.7. The summed E-state index contributed by atoms with van der Waals surface area (Å²) in [5, 5.41) is 23.3. The van der Waals surface area contributed by atoms with E-state index in [1.54, 1.807) is 6.07 Å². The van der Waals surface area contributed by atoms with Crippen LogP contribution in [0.4, 0.5) is 4.39 Å². The van der Waals surface area contributed by atoms with E-state index in [0.29, 0.717) is 19.2 Å². The van der Waals surface area contributed by atoms with Gasteiger partial charge in [0.15, 0.2) is 12.0 Å². The Morgan fingerprint density at radius 1 is 1.22 bits per heavy atom. The van der Waals surface area contributed by atoms with E-state index in [0.717, 1.165) is 0 Å². The summed E-state index contributed by atoms with van der Waals surface area (Å²) in [4.78, 5) is 38.2. The maximum atomic E-state index is 10.1. The van der Waals surface area contributed by atoms with Gasteiger partial charge in [0.2, 0.25) is 0 Å². The Balaban J connectivity index is -0.000000119. The van der Waals surface area contributed by atoms with Crippen LogP contribution in [0.5, 0.6) is 0 Å². The lowest BCUT2D eigenvalue weighted by atomic mass is 10.2. The molecule has 0 aliphatic carbocycles. The number of hydrogen-bond donors (Lipinski definition) is 3. The molecule has 1 heterocycles. The molecule has 0 bridgehead atoms. The lowest BCUT2D eigenvalue weighted by Crippen LogP contribution is -1.98. The third kappa shape index (κ3) is 24.8. The van der Waals surface area contributed by atoms with E-state index in [4.69, 9.17) is 24.5 Å². The molecule has 5 N–H and O–H groups in total. The van der Waals surface area contributed by atoms with Crippen LogP contribution in [-0.4, -0.2) is 52.5 Å². The first kappa shape index (κ1) is 28.6. The Kier molecular flexibility index (Phi) is 26.9. The van der Waals surface area contributed by atoms with Crippen molar-refractivity contribution in [3.63, 3.8) is 0 Å². The van der Waals surface area contributed by atoms with Crippen LogP contribution in [0.2, 0.25) is 0 Å². The molecule has 0 radical (unpaired) electrons. The largest absolute Gasteiger partial charge is 0.483 e. The highest BCUT2D eigenvalue weighted by Gasteiger charge is 1.98.